The Labute approximate surface area is 229 Å². The first-order valence-electron chi connectivity index (χ1n) is 13.3. The maximum atomic E-state index is 17.5. The third-order valence-electron chi connectivity index (χ3n) is 10.6. The quantitative estimate of drug-likeness (QED) is 0.458. The Morgan fingerprint density at radius 3 is 2.58 bits per heavy atom. The van der Waals surface area contributed by atoms with Crippen LogP contribution in [-0.4, -0.2) is 62.0 Å². The van der Waals surface area contributed by atoms with Crippen LogP contribution < -0.4 is 0 Å². The minimum absolute atomic E-state index is 0.0189. The molecule has 1 N–H and O–H groups in total. The molecule has 210 valence electrons. The Bertz CT molecular complexity index is 1120. The van der Waals surface area contributed by atoms with E-state index >= 15 is 8.78 Å². The number of halogens is 3. The number of rotatable bonds is 4. The number of carbonyl (C=O) groups is 3. The molecule has 4 fully saturated rings. The molecule has 5 rings (SSSR count). The molecule has 1 unspecified atom stereocenters. The number of hydrogen-bond acceptors (Lipinski definition) is 7. The van der Waals surface area contributed by atoms with Crippen LogP contribution >= 0.6 is 23.5 Å². The summed E-state index contributed by atoms with van der Waals surface area (Å²) in [5, 5.41) is 10.9. The van der Waals surface area contributed by atoms with Crippen molar-refractivity contribution in [3.8, 4) is 0 Å². The van der Waals surface area contributed by atoms with Crippen molar-refractivity contribution in [1.82, 2.24) is 0 Å². The van der Waals surface area contributed by atoms with Crippen molar-refractivity contribution in [2.45, 2.75) is 88.1 Å². The van der Waals surface area contributed by atoms with Crippen LogP contribution in [0.15, 0.2) is 23.8 Å². The topological polar surface area (TPSA) is 80.7 Å². The standard InChI is InChI=1S/C28H35F3O5S2/c1-15-10-17-18-12-20(30)19-11-16(32)6-8-24(19,2)27(18,31)21(33)13-25(17,3)28(15,23(35)37-14-29)36-22(34)26(4)7-5-9-38-26/h6,8,11,15,17-18,20-21,33H,5,7,9-10,12-14H2,1-4H3/t15-,17+,18+,20+,21+,24+,25+,26?,27+,28+/m1/s1. The van der Waals surface area contributed by atoms with E-state index < -0.39 is 79.8 Å². The van der Waals surface area contributed by atoms with Crippen LogP contribution in [0.3, 0.4) is 0 Å². The lowest BCUT2D eigenvalue weighted by atomic mass is 9.44. The highest BCUT2D eigenvalue weighted by atomic mass is 32.2. The fourth-order valence-corrected chi connectivity index (χ4v) is 10.5. The lowest BCUT2D eigenvalue weighted by Gasteiger charge is -2.63. The van der Waals surface area contributed by atoms with Crippen molar-refractivity contribution in [1.29, 1.82) is 0 Å². The summed E-state index contributed by atoms with van der Waals surface area (Å²) in [6, 6.07) is -1.02. The Morgan fingerprint density at radius 1 is 1.24 bits per heavy atom. The number of aliphatic hydroxyl groups is 1. The third kappa shape index (κ3) is 3.47. The number of alkyl halides is 3. The van der Waals surface area contributed by atoms with Crippen molar-refractivity contribution >= 4 is 40.4 Å². The summed E-state index contributed by atoms with van der Waals surface area (Å²) >= 11 is 1.87. The van der Waals surface area contributed by atoms with Gasteiger partial charge in [-0.05, 0) is 87.1 Å². The zero-order chi connectivity index (χ0) is 27.9. The Kier molecular flexibility index (Phi) is 6.79. The van der Waals surface area contributed by atoms with Crippen LogP contribution in [-0.2, 0) is 19.1 Å². The fourth-order valence-electron chi connectivity index (χ4n) is 8.57. The molecule has 0 aromatic carbocycles. The molecular formula is C28H35F3O5S2. The normalized spacial score (nSPS) is 49.6. The first-order valence-corrected chi connectivity index (χ1v) is 15.3. The van der Waals surface area contributed by atoms with Gasteiger partial charge in [0.05, 0.1) is 6.10 Å². The highest BCUT2D eigenvalue weighted by Crippen LogP contribution is 2.72. The molecule has 1 aliphatic heterocycles. The first kappa shape index (κ1) is 28.3. The fraction of sp³-hybridized carbons (Fsp3) is 0.750. The van der Waals surface area contributed by atoms with E-state index in [1.807, 2.05) is 0 Å². The van der Waals surface area contributed by atoms with E-state index in [2.05, 4.69) is 0 Å². The molecule has 0 aromatic rings. The minimum atomic E-state index is -2.31. The van der Waals surface area contributed by atoms with E-state index in [0.29, 0.717) is 18.2 Å². The van der Waals surface area contributed by atoms with Crippen molar-refractivity contribution in [2.24, 2.45) is 28.6 Å². The van der Waals surface area contributed by atoms with Crippen molar-refractivity contribution in [2.75, 3.05) is 11.8 Å². The molecule has 0 spiro atoms. The molecule has 0 radical (unpaired) electrons. The molecule has 1 heterocycles. The zero-order valence-electron chi connectivity index (χ0n) is 22.1. The minimum Gasteiger partial charge on any atom is -0.448 e. The summed E-state index contributed by atoms with van der Waals surface area (Å²) in [4.78, 5) is 39.4. The Hall–Kier alpha value is -1.26. The van der Waals surface area contributed by atoms with E-state index in [4.69, 9.17) is 4.74 Å². The molecule has 5 aliphatic rings. The summed E-state index contributed by atoms with van der Waals surface area (Å²) in [5.41, 5.74) is -6.91. The van der Waals surface area contributed by atoms with Gasteiger partial charge >= 0.3 is 5.97 Å². The van der Waals surface area contributed by atoms with Crippen LogP contribution in [0, 0.1) is 28.6 Å². The van der Waals surface area contributed by atoms with Gasteiger partial charge in [-0.25, -0.2) is 13.2 Å². The van der Waals surface area contributed by atoms with Gasteiger partial charge in [0.2, 0.25) is 5.12 Å². The number of hydrogen-bond donors (Lipinski definition) is 1. The van der Waals surface area contributed by atoms with Gasteiger partial charge in [0.25, 0.3) is 0 Å². The Balaban J connectivity index is 1.62. The average Bonchev–Trinajstić information content (AvgIpc) is 3.39. The van der Waals surface area contributed by atoms with Gasteiger partial charge in [-0.1, -0.05) is 19.9 Å². The van der Waals surface area contributed by atoms with Gasteiger partial charge in [0.15, 0.2) is 17.1 Å². The average molecular weight is 573 g/mol. The number of carbonyl (C=O) groups excluding carboxylic acids is 3. The zero-order valence-corrected chi connectivity index (χ0v) is 23.7. The van der Waals surface area contributed by atoms with E-state index in [1.165, 1.54) is 30.8 Å². The van der Waals surface area contributed by atoms with Gasteiger partial charge in [0.1, 0.15) is 16.9 Å². The molecule has 3 saturated carbocycles. The molecular weight excluding hydrogens is 537 g/mol. The molecule has 1 saturated heterocycles. The molecule has 4 aliphatic carbocycles. The van der Waals surface area contributed by atoms with Crippen LogP contribution in [0.1, 0.15) is 59.8 Å². The van der Waals surface area contributed by atoms with Gasteiger partial charge in [-0.15, -0.1) is 11.8 Å². The predicted octanol–water partition coefficient (Wildman–Crippen LogP) is 5.31. The second kappa shape index (κ2) is 9.13. The predicted molar refractivity (Wildman–Crippen MR) is 141 cm³/mol. The molecule has 10 heteroatoms. The first-order chi connectivity index (χ1) is 17.7. The van der Waals surface area contributed by atoms with Crippen LogP contribution in [0.25, 0.3) is 0 Å². The van der Waals surface area contributed by atoms with E-state index in [-0.39, 0.29) is 24.8 Å². The van der Waals surface area contributed by atoms with E-state index in [9.17, 15) is 23.9 Å². The molecule has 5 nitrogen and oxygen atoms in total. The van der Waals surface area contributed by atoms with Crippen LogP contribution in [0.5, 0.6) is 0 Å². The maximum Gasteiger partial charge on any atom is 0.322 e. The van der Waals surface area contributed by atoms with Crippen LogP contribution in [0.4, 0.5) is 13.2 Å². The number of thioether (sulfide) groups is 2. The lowest BCUT2D eigenvalue weighted by Crippen LogP contribution is -2.71. The lowest BCUT2D eigenvalue weighted by molar-refractivity contribution is -0.229. The van der Waals surface area contributed by atoms with Gasteiger partial charge < -0.3 is 9.84 Å². The number of esters is 1. The highest BCUT2D eigenvalue weighted by Gasteiger charge is 2.78. The summed E-state index contributed by atoms with van der Waals surface area (Å²) < 4.78 is 52.1. The monoisotopic (exact) mass is 572 g/mol. The van der Waals surface area contributed by atoms with Crippen molar-refractivity contribution in [3.05, 3.63) is 23.8 Å². The van der Waals surface area contributed by atoms with Gasteiger partial charge in [0, 0.05) is 22.7 Å². The van der Waals surface area contributed by atoms with Gasteiger partial charge in [-0.3, -0.25) is 14.4 Å². The van der Waals surface area contributed by atoms with Gasteiger partial charge in [-0.2, -0.15) is 0 Å². The largest absolute Gasteiger partial charge is 0.448 e. The molecule has 38 heavy (non-hydrogen) atoms. The van der Waals surface area contributed by atoms with Crippen molar-refractivity contribution in [3.63, 3.8) is 0 Å². The second-order valence-electron chi connectivity index (χ2n) is 12.3. The summed E-state index contributed by atoms with van der Waals surface area (Å²) in [7, 11) is 0. The van der Waals surface area contributed by atoms with Crippen LogP contribution in [0.2, 0.25) is 0 Å². The highest BCUT2D eigenvalue weighted by molar-refractivity contribution is 8.13. The maximum absolute atomic E-state index is 17.5. The number of ether oxygens (including phenoxy) is 1. The Morgan fingerprint density at radius 2 is 1.95 bits per heavy atom. The summed E-state index contributed by atoms with van der Waals surface area (Å²) in [6.45, 7) is 6.74. The second-order valence-corrected chi connectivity index (χ2v) is 14.8. The molecule has 0 aromatic heterocycles. The molecule has 0 bridgehead atoms. The molecule has 10 atom stereocenters. The number of fused-ring (bicyclic) bond motifs is 5. The van der Waals surface area contributed by atoms with E-state index in [0.717, 1.165) is 18.2 Å². The SMILES string of the molecule is C[C@@H]1C[C@H]2[C@@H]3C[C@H](F)C4=CC(=O)C=C[C@]4(C)[C@@]3(F)[C@@H](O)C[C@]2(C)[C@@]1(OC(=O)C1(C)CCCS1)C(=O)SCF. The van der Waals surface area contributed by atoms with E-state index in [1.54, 1.807) is 20.8 Å². The molecule has 0 amide bonds. The third-order valence-corrected chi connectivity index (χ3v) is 12.7. The summed E-state index contributed by atoms with van der Waals surface area (Å²) in [6.07, 6.45) is 1.59. The number of ketones is 1. The smallest absolute Gasteiger partial charge is 0.322 e. The number of aliphatic hydroxyl groups excluding tert-OH is 1. The van der Waals surface area contributed by atoms with Crippen molar-refractivity contribution < 1.29 is 37.4 Å². The summed E-state index contributed by atoms with van der Waals surface area (Å²) in [5.74, 6) is -2.47. The number of allylic oxidation sites excluding steroid dienone is 4.